The summed E-state index contributed by atoms with van der Waals surface area (Å²) < 4.78 is 0. The lowest BCUT2D eigenvalue weighted by atomic mass is 9.87. The van der Waals surface area contributed by atoms with E-state index in [0.29, 0.717) is 11.4 Å². The number of tetrazole rings is 1. The van der Waals surface area contributed by atoms with E-state index in [9.17, 15) is 4.79 Å². The fraction of sp³-hybridized carbons (Fsp3) is 0.263. The fourth-order valence-corrected chi connectivity index (χ4v) is 3.52. The third-order valence-corrected chi connectivity index (χ3v) is 4.86. The Balaban J connectivity index is 1.57. The Morgan fingerprint density at radius 1 is 1.16 bits per heavy atom. The minimum absolute atomic E-state index is 0.0290. The van der Waals surface area contributed by atoms with E-state index in [1.807, 2.05) is 36.2 Å². The standard InChI is InChI=1S/C19H19N5O/c1-24(17-8-4-6-13-5-2-3-7-16(13)17)19(25)15-11-9-14(10-12-15)18-20-22-23-21-18/h2-3,5,7,9-12,17H,4,6,8H2,1H3,(H,20,21,22,23). The number of aryl methyl sites for hydroxylation is 1. The summed E-state index contributed by atoms with van der Waals surface area (Å²) in [5, 5.41) is 13.9. The number of hydrogen-bond acceptors (Lipinski definition) is 4. The zero-order chi connectivity index (χ0) is 17.2. The van der Waals surface area contributed by atoms with Crippen LogP contribution in [0.1, 0.15) is 40.4 Å². The van der Waals surface area contributed by atoms with Crippen LogP contribution in [0.5, 0.6) is 0 Å². The number of H-pyrrole nitrogens is 1. The van der Waals surface area contributed by atoms with E-state index in [2.05, 4.69) is 44.9 Å². The highest BCUT2D eigenvalue weighted by atomic mass is 16.2. The Hall–Kier alpha value is -3.02. The van der Waals surface area contributed by atoms with Gasteiger partial charge in [0.25, 0.3) is 5.91 Å². The van der Waals surface area contributed by atoms with Crippen molar-refractivity contribution in [2.24, 2.45) is 0 Å². The molecule has 4 rings (SSSR count). The summed E-state index contributed by atoms with van der Waals surface area (Å²) in [4.78, 5) is 14.8. The molecule has 1 aromatic heterocycles. The molecule has 1 heterocycles. The summed E-state index contributed by atoms with van der Waals surface area (Å²) in [5.41, 5.74) is 4.12. The van der Waals surface area contributed by atoms with E-state index in [0.717, 1.165) is 24.8 Å². The highest BCUT2D eigenvalue weighted by Gasteiger charge is 2.27. The molecule has 3 aromatic rings. The third-order valence-electron chi connectivity index (χ3n) is 4.86. The highest BCUT2D eigenvalue weighted by Crippen LogP contribution is 2.34. The molecule has 25 heavy (non-hydrogen) atoms. The van der Waals surface area contributed by atoms with Gasteiger partial charge in [0, 0.05) is 18.2 Å². The molecule has 126 valence electrons. The quantitative estimate of drug-likeness (QED) is 0.799. The molecule has 1 unspecified atom stereocenters. The van der Waals surface area contributed by atoms with Gasteiger partial charge in [-0.25, -0.2) is 0 Å². The van der Waals surface area contributed by atoms with E-state index >= 15 is 0 Å². The zero-order valence-corrected chi connectivity index (χ0v) is 14.0. The molecule has 0 saturated carbocycles. The first-order valence-electron chi connectivity index (χ1n) is 8.43. The van der Waals surface area contributed by atoms with Crippen molar-refractivity contribution in [1.29, 1.82) is 0 Å². The summed E-state index contributed by atoms with van der Waals surface area (Å²) >= 11 is 0. The minimum Gasteiger partial charge on any atom is -0.335 e. The van der Waals surface area contributed by atoms with Crippen molar-refractivity contribution in [3.05, 3.63) is 65.2 Å². The van der Waals surface area contributed by atoms with Crippen molar-refractivity contribution in [2.75, 3.05) is 7.05 Å². The first-order chi connectivity index (χ1) is 12.2. The predicted octanol–water partition coefficient (Wildman–Crippen LogP) is 3.02. The molecule has 2 aromatic carbocycles. The van der Waals surface area contributed by atoms with Crippen molar-refractivity contribution in [3.63, 3.8) is 0 Å². The van der Waals surface area contributed by atoms with Crippen LogP contribution in [0.4, 0.5) is 0 Å². The van der Waals surface area contributed by atoms with Crippen LogP contribution < -0.4 is 0 Å². The van der Waals surface area contributed by atoms with E-state index in [-0.39, 0.29) is 11.9 Å². The molecule has 6 nitrogen and oxygen atoms in total. The molecule has 1 aliphatic carbocycles. The second-order valence-corrected chi connectivity index (χ2v) is 6.34. The molecule has 6 heteroatoms. The van der Waals surface area contributed by atoms with Crippen LogP contribution in [0.25, 0.3) is 11.4 Å². The van der Waals surface area contributed by atoms with Crippen LogP contribution in [-0.2, 0) is 6.42 Å². The number of nitrogens with zero attached hydrogens (tertiary/aromatic N) is 4. The number of hydrogen-bond donors (Lipinski definition) is 1. The smallest absolute Gasteiger partial charge is 0.254 e. The van der Waals surface area contributed by atoms with Crippen molar-refractivity contribution >= 4 is 5.91 Å². The van der Waals surface area contributed by atoms with Gasteiger partial charge in [-0.15, -0.1) is 10.2 Å². The molecular formula is C19H19N5O. The Labute approximate surface area is 145 Å². The van der Waals surface area contributed by atoms with Gasteiger partial charge in [0.15, 0.2) is 0 Å². The Morgan fingerprint density at radius 3 is 2.72 bits per heavy atom. The number of nitrogens with one attached hydrogen (secondary N) is 1. The van der Waals surface area contributed by atoms with Gasteiger partial charge in [0.05, 0.1) is 6.04 Å². The van der Waals surface area contributed by atoms with Crippen molar-refractivity contribution < 1.29 is 4.79 Å². The average Bonchev–Trinajstić information content (AvgIpc) is 3.21. The maximum absolute atomic E-state index is 12.9. The van der Waals surface area contributed by atoms with Crippen LogP contribution in [0.15, 0.2) is 48.5 Å². The monoisotopic (exact) mass is 333 g/mol. The van der Waals surface area contributed by atoms with Gasteiger partial charge in [0.1, 0.15) is 0 Å². The Kier molecular flexibility index (Phi) is 4.01. The van der Waals surface area contributed by atoms with E-state index in [1.54, 1.807) is 0 Å². The lowest BCUT2D eigenvalue weighted by molar-refractivity contribution is 0.0715. The molecule has 1 aliphatic rings. The number of rotatable bonds is 3. The second kappa shape index (κ2) is 6.47. The molecule has 1 atom stereocenters. The number of carbonyl (C=O) groups is 1. The zero-order valence-electron chi connectivity index (χ0n) is 14.0. The van der Waals surface area contributed by atoms with Crippen LogP contribution in [0.3, 0.4) is 0 Å². The summed E-state index contributed by atoms with van der Waals surface area (Å²) in [7, 11) is 1.89. The topological polar surface area (TPSA) is 74.8 Å². The van der Waals surface area contributed by atoms with Gasteiger partial charge in [-0.1, -0.05) is 36.4 Å². The number of benzene rings is 2. The minimum atomic E-state index is 0.0290. The molecule has 0 fully saturated rings. The summed E-state index contributed by atoms with van der Waals surface area (Å²) in [5.74, 6) is 0.551. The lowest BCUT2D eigenvalue weighted by Gasteiger charge is -2.33. The van der Waals surface area contributed by atoms with Gasteiger partial charge in [0.2, 0.25) is 5.82 Å². The van der Waals surface area contributed by atoms with E-state index < -0.39 is 0 Å². The average molecular weight is 333 g/mol. The molecule has 0 spiro atoms. The van der Waals surface area contributed by atoms with E-state index in [4.69, 9.17) is 0 Å². The first-order valence-corrected chi connectivity index (χ1v) is 8.43. The molecule has 1 N–H and O–H groups in total. The van der Waals surface area contributed by atoms with Gasteiger partial charge in [-0.05, 0) is 47.7 Å². The van der Waals surface area contributed by atoms with Crippen LogP contribution in [-0.4, -0.2) is 38.5 Å². The number of aromatic nitrogens is 4. The molecule has 1 amide bonds. The Morgan fingerprint density at radius 2 is 1.96 bits per heavy atom. The number of amides is 1. The van der Waals surface area contributed by atoms with Gasteiger partial charge < -0.3 is 4.90 Å². The van der Waals surface area contributed by atoms with Gasteiger partial charge in [-0.2, -0.15) is 5.21 Å². The van der Waals surface area contributed by atoms with Crippen LogP contribution in [0, 0.1) is 0 Å². The SMILES string of the molecule is CN(C(=O)c1ccc(-c2nn[nH]n2)cc1)C1CCCc2ccccc21. The molecule has 0 saturated heterocycles. The fourth-order valence-electron chi connectivity index (χ4n) is 3.52. The molecule has 0 bridgehead atoms. The van der Waals surface area contributed by atoms with Gasteiger partial charge >= 0.3 is 0 Å². The molecular weight excluding hydrogens is 314 g/mol. The van der Waals surface area contributed by atoms with Gasteiger partial charge in [-0.3, -0.25) is 4.79 Å². The van der Waals surface area contributed by atoms with Crippen LogP contribution in [0.2, 0.25) is 0 Å². The van der Waals surface area contributed by atoms with E-state index in [1.165, 1.54) is 11.1 Å². The lowest BCUT2D eigenvalue weighted by Crippen LogP contribution is -2.33. The first kappa shape index (κ1) is 15.5. The highest BCUT2D eigenvalue weighted by molar-refractivity contribution is 5.94. The largest absolute Gasteiger partial charge is 0.335 e. The van der Waals surface area contributed by atoms with Crippen molar-refractivity contribution in [3.8, 4) is 11.4 Å². The predicted molar refractivity (Wildman–Crippen MR) is 93.8 cm³/mol. The number of aromatic amines is 1. The Bertz CT molecular complexity index is 873. The maximum atomic E-state index is 12.9. The summed E-state index contributed by atoms with van der Waals surface area (Å²) in [6.07, 6.45) is 3.20. The number of fused-ring (bicyclic) bond motifs is 1. The van der Waals surface area contributed by atoms with Crippen molar-refractivity contribution in [1.82, 2.24) is 25.5 Å². The van der Waals surface area contributed by atoms with Crippen LogP contribution >= 0.6 is 0 Å². The third kappa shape index (κ3) is 2.91. The van der Waals surface area contributed by atoms with Crippen molar-refractivity contribution in [2.45, 2.75) is 25.3 Å². The normalized spacial score (nSPS) is 16.3. The maximum Gasteiger partial charge on any atom is 0.254 e. The number of carbonyl (C=O) groups excluding carboxylic acids is 1. The summed E-state index contributed by atoms with van der Waals surface area (Å²) in [6.45, 7) is 0. The second-order valence-electron chi connectivity index (χ2n) is 6.34. The molecule has 0 aliphatic heterocycles. The molecule has 0 radical (unpaired) electrons. The summed E-state index contributed by atoms with van der Waals surface area (Å²) in [6, 6.07) is 15.9.